The molecule has 27 heavy (non-hydrogen) atoms. The first-order valence-electron chi connectivity index (χ1n) is 8.43. The van der Waals surface area contributed by atoms with Gasteiger partial charge in [0.05, 0.1) is 4.90 Å². The Balaban J connectivity index is 3.10. The highest BCUT2D eigenvalue weighted by Gasteiger charge is 2.21. The fourth-order valence-corrected chi connectivity index (χ4v) is 3.82. The normalized spacial score (nSPS) is 12.5. The van der Waals surface area contributed by atoms with Gasteiger partial charge in [-0.3, -0.25) is 9.59 Å². The van der Waals surface area contributed by atoms with Gasteiger partial charge in [0, 0.05) is 57.2 Å². The molecule has 2 amide bonds. The Morgan fingerprint density at radius 2 is 1.78 bits per heavy atom. The van der Waals surface area contributed by atoms with Crippen LogP contribution in [0.4, 0.5) is 5.69 Å². The number of sulfonamides is 1. The second kappa shape index (κ2) is 10.5. The summed E-state index contributed by atoms with van der Waals surface area (Å²) in [5, 5.41) is 8.49. The average Bonchev–Trinajstić information content (AvgIpc) is 2.58. The summed E-state index contributed by atoms with van der Waals surface area (Å²) in [4.78, 5) is 23.4. The molecule has 1 rings (SSSR count). The fourth-order valence-electron chi connectivity index (χ4n) is 2.27. The van der Waals surface area contributed by atoms with Crippen LogP contribution in [0.15, 0.2) is 23.1 Å². The molecule has 0 spiro atoms. The molecule has 1 aromatic rings. The molecule has 0 heterocycles. The number of amides is 2. The van der Waals surface area contributed by atoms with Gasteiger partial charge >= 0.3 is 0 Å². The molecule has 0 fully saturated rings. The van der Waals surface area contributed by atoms with Gasteiger partial charge in [0.1, 0.15) is 0 Å². The van der Waals surface area contributed by atoms with Gasteiger partial charge in [-0.2, -0.15) is 11.8 Å². The Morgan fingerprint density at radius 1 is 1.15 bits per heavy atom. The van der Waals surface area contributed by atoms with Crippen molar-refractivity contribution in [3.05, 3.63) is 23.8 Å². The third kappa shape index (κ3) is 7.39. The minimum absolute atomic E-state index is 0.0425. The van der Waals surface area contributed by atoms with Gasteiger partial charge in [-0.05, 0) is 31.4 Å². The maximum Gasteiger partial charge on any atom is 0.251 e. The predicted octanol–water partition coefficient (Wildman–Crippen LogP) is 0.966. The minimum atomic E-state index is -3.69. The molecule has 0 aromatic heterocycles. The second-order valence-corrected chi connectivity index (χ2v) is 9.34. The molecule has 1 aromatic carbocycles. The van der Waals surface area contributed by atoms with Crippen LogP contribution in [0.5, 0.6) is 0 Å². The van der Waals surface area contributed by atoms with E-state index in [0.717, 1.165) is 10.1 Å². The maximum absolute atomic E-state index is 12.5. The number of hydrogen-bond acceptors (Lipinski definition) is 6. The number of thioether (sulfide) groups is 1. The van der Waals surface area contributed by atoms with Crippen molar-refractivity contribution in [2.75, 3.05) is 44.5 Å². The smallest absolute Gasteiger partial charge is 0.251 e. The van der Waals surface area contributed by atoms with Crippen molar-refractivity contribution in [2.45, 2.75) is 24.8 Å². The highest BCUT2D eigenvalue weighted by molar-refractivity contribution is 7.98. The van der Waals surface area contributed by atoms with Gasteiger partial charge in [-0.25, -0.2) is 12.7 Å². The zero-order chi connectivity index (χ0) is 20.6. The summed E-state index contributed by atoms with van der Waals surface area (Å²) >= 11 is 1.67. The molecule has 1 unspecified atom stereocenters. The Hall–Kier alpha value is -1.78. The number of nitrogens with one attached hydrogen (secondary N) is 3. The molecule has 0 aliphatic heterocycles. The van der Waals surface area contributed by atoms with Crippen molar-refractivity contribution in [3.63, 3.8) is 0 Å². The fraction of sp³-hybridized carbons (Fsp3) is 0.529. The first-order chi connectivity index (χ1) is 12.6. The lowest BCUT2D eigenvalue weighted by Gasteiger charge is -2.18. The van der Waals surface area contributed by atoms with Gasteiger partial charge < -0.3 is 16.0 Å². The first kappa shape index (κ1) is 23.3. The summed E-state index contributed by atoms with van der Waals surface area (Å²) in [6.45, 7) is 3.92. The Bertz CT molecular complexity index is 766. The van der Waals surface area contributed by atoms with Gasteiger partial charge in [0.2, 0.25) is 15.9 Å². The van der Waals surface area contributed by atoms with Crippen LogP contribution in [-0.2, 0) is 14.8 Å². The van der Waals surface area contributed by atoms with Crippen molar-refractivity contribution >= 4 is 39.3 Å². The highest BCUT2D eigenvalue weighted by Crippen LogP contribution is 2.22. The van der Waals surface area contributed by atoms with E-state index in [9.17, 15) is 18.0 Å². The van der Waals surface area contributed by atoms with Crippen LogP contribution >= 0.6 is 11.8 Å². The molecule has 0 saturated heterocycles. The Morgan fingerprint density at radius 3 is 2.33 bits per heavy atom. The lowest BCUT2D eigenvalue weighted by molar-refractivity contribution is -0.118. The maximum atomic E-state index is 12.5. The molecule has 0 aliphatic carbocycles. The molecule has 1 atom stereocenters. The zero-order valence-corrected chi connectivity index (χ0v) is 18.0. The molecule has 8 nitrogen and oxygen atoms in total. The monoisotopic (exact) mass is 416 g/mol. The van der Waals surface area contributed by atoms with Gasteiger partial charge in [-0.1, -0.05) is 0 Å². The summed E-state index contributed by atoms with van der Waals surface area (Å²) in [7, 11) is -0.802. The van der Waals surface area contributed by atoms with E-state index in [0.29, 0.717) is 12.2 Å². The molecule has 0 bridgehead atoms. The molecule has 10 heteroatoms. The summed E-state index contributed by atoms with van der Waals surface area (Å²) in [5.74, 6) is 0.248. The molecule has 0 saturated carbocycles. The molecular weight excluding hydrogens is 388 g/mol. The van der Waals surface area contributed by atoms with Crippen LogP contribution in [-0.4, -0.2) is 69.8 Å². The van der Waals surface area contributed by atoms with Crippen LogP contribution in [0.3, 0.4) is 0 Å². The highest BCUT2D eigenvalue weighted by atomic mass is 32.2. The molecule has 0 radical (unpaired) electrons. The zero-order valence-electron chi connectivity index (χ0n) is 16.3. The third-order valence-electron chi connectivity index (χ3n) is 3.56. The summed E-state index contributed by atoms with van der Waals surface area (Å²) < 4.78 is 26.1. The minimum Gasteiger partial charge on any atom is -0.382 e. The largest absolute Gasteiger partial charge is 0.382 e. The number of benzene rings is 1. The second-order valence-electron chi connectivity index (χ2n) is 6.27. The van der Waals surface area contributed by atoms with E-state index in [1.54, 1.807) is 17.8 Å². The lowest BCUT2D eigenvalue weighted by atomic mass is 10.1. The quantitative estimate of drug-likeness (QED) is 0.491. The van der Waals surface area contributed by atoms with Crippen LogP contribution in [0.25, 0.3) is 0 Å². The van der Waals surface area contributed by atoms with Crippen LogP contribution in [0.2, 0.25) is 0 Å². The van der Waals surface area contributed by atoms with Crippen LogP contribution < -0.4 is 16.0 Å². The number of carbonyl (C=O) groups excluding carboxylic acids is 2. The Labute approximate surface area is 165 Å². The SMILES string of the molecule is CSCC(C)Nc1cc(C(=O)NCCNC(C)=O)cc(S(=O)(=O)N(C)C)c1. The van der Waals surface area contributed by atoms with E-state index in [-0.39, 0.29) is 29.0 Å². The lowest BCUT2D eigenvalue weighted by Crippen LogP contribution is -2.33. The van der Waals surface area contributed by atoms with Crippen molar-refractivity contribution in [1.82, 2.24) is 14.9 Å². The van der Waals surface area contributed by atoms with E-state index in [4.69, 9.17) is 0 Å². The Kier molecular flexibility index (Phi) is 9.07. The van der Waals surface area contributed by atoms with Crippen molar-refractivity contribution < 1.29 is 18.0 Å². The number of carbonyl (C=O) groups is 2. The average molecular weight is 417 g/mol. The topological polar surface area (TPSA) is 108 Å². The molecule has 152 valence electrons. The first-order valence-corrected chi connectivity index (χ1v) is 11.3. The van der Waals surface area contributed by atoms with Crippen molar-refractivity contribution in [3.8, 4) is 0 Å². The molecule has 3 N–H and O–H groups in total. The number of anilines is 1. The summed E-state index contributed by atoms with van der Waals surface area (Å²) in [6.07, 6.45) is 1.99. The summed E-state index contributed by atoms with van der Waals surface area (Å²) in [5.41, 5.74) is 0.797. The third-order valence-corrected chi connectivity index (χ3v) is 6.19. The van der Waals surface area contributed by atoms with Gasteiger partial charge in [0.15, 0.2) is 0 Å². The standard InChI is InChI=1S/C17H28N4O4S2/c1-12(11-26-5)20-15-8-14(17(23)19-7-6-18-13(2)22)9-16(10-15)27(24,25)21(3)4/h8-10,12,20H,6-7,11H2,1-5H3,(H,18,22)(H,19,23). The van der Waals surface area contributed by atoms with Gasteiger partial charge in [-0.15, -0.1) is 0 Å². The van der Waals surface area contributed by atoms with Crippen molar-refractivity contribution in [1.29, 1.82) is 0 Å². The van der Waals surface area contributed by atoms with E-state index in [1.807, 2.05) is 13.2 Å². The van der Waals surface area contributed by atoms with Gasteiger partial charge in [0.25, 0.3) is 5.91 Å². The number of rotatable bonds is 10. The van der Waals surface area contributed by atoms with Crippen molar-refractivity contribution in [2.24, 2.45) is 0 Å². The summed E-state index contributed by atoms with van der Waals surface area (Å²) in [6, 6.07) is 4.61. The van der Waals surface area contributed by atoms with Crippen LogP contribution in [0.1, 0.15) is 24.2 Å². The number of nitrogens with zero attached hydrogens (tertiary/aromatic N) is 1. The predicted molar refractivity (Wildman–Crippen MR) is 110 cm³/mol. The van der Waals surface area contributed by atoms with E-state index in [1.165, 1.54) is 33.2 Å². The molecule has 0 aliphatic rings. The molecular formula is C17H28N4O4S2. The van der Waals surface area contributed by atoms with E-state index in [2.05, 4.69) is 16.0 Å². The number of hydrogen-bond donors (Lipinski definition) is 3. The van der Waals surface area contributed by atoms with E-state index < -0.39 is 15.9 Å². The van der Waals surface area contributed by atoms with E-state index >= 15 is 0 Å². The van der Waals surface area contributed by atoms with Crippen LogP contribution in [0, 0.1) is 0 Å².